The summed E-state index contributed by atoms with van der Waals surface area (Å²) < 4.78 is 0. The first kappa shape index (κ1) is 14.2. The van der Waals surface area contributed by atoms with Crippen LogP contribution in [0.1, 0.15) is 37.0 Å². The van der Waals surface area contributed by atoms with E-state index in [-0.39, 0.29) is 24.5 Å². The lowest BCUT2D eigenvalue weighted by atomic mass is 10.1. The smallest absolute Gasteiger partial charge is 0.220 e. The molecule has 4 nitrogen and oxygen atoms in total. The Labute approximate surface area is 108 Å². The first-order chi connectivity index (χ1) is 8.49. The van der Waals surface area contributed by atoms with Gasteiger partial charge in [0.05, 0.1) is 0 Å². The molecular weight excluding hydrogens is 228 g/mol. The molecule has 1 aromatic rings. The number of amides is 1. The number of nitrogens with two attached hydrogens (primary N) is 1. The molecule has 0 fully saturated rings. The van der Waals surface area contributed by atoms with E-state index in [0.29, 0.717) is 23.7 Å². The lowest BCUT2D eigenvalue weighted by Crippen LogP contribution is -2.27. The Balaban J connectivity index is 2.39. The van der Waals surface area contributed by atoms with Gasteiger partial charge < -0.3 is 11.1 Å². The van der Waals surface area contributed by atoms with E-state index in [9.17, 15) is 9.59 Å². The normalized spacial score (nSPS) is 10.4. The molecule has 0 aliphatic rings. The lowest BCUT2D eigenvalue weighted by molar-refractivity contribution is -0.121. The Morgan fingerprint density at radius 2 is 2.00 bits per heavy atom. The van der Waals surface area contributed by atoms with E-state index >= 15 is 0 Å². The van der Waals surface area contributed by atoms with E-state index in [1.54, 1.807) is 24.3 Å². The van der Waals surface area contributed by atoms with Crippen molar-refractivity contribution in [2.75, 3.05) is 12.3 Å². The summed E-state index contributed by atoms with van der Waals surface area (Å²) in [7, 11) is 0. The molecule has 0 unspecified atom stereocenters. The first-order valence-corrected chi connectivity index (χ1v) is 6.14. The number of rotatable bonds is 6. The SMILES string of the molecule is CC(C)CNC(=O)CCC(=O)c1cccc(N)c1. The first-order valence-electron chi connectivity index (χ1n) is 6.14. The van der Waals surface area contributed by atoms with Crippen LogP contribution in [-0.2, 0) is 4.79 Å². The molecule has 0 radical (unpaired) electrons. The molecule has 4 heteroatoms. The fourth-order valence-corrected chi connectivity index (χ4v) is 1.49. The minimum absolute atomic E-state index is 0.0537. The number of hydrogen-bond donors (Lipinski definition) is 2. The molecule has 0 saturated carbocycles. The number of nitrogen functional groups attached to an aromatic ring is 1. The monoisotopic (exact) mass is 248 g/mol. The van der Waals surface area contributed by atoms with Crippen molar-refractivity contribution in [3.05, 3.63) is 29.8 Å². The van der Waals surface area contributed by atoms with Gasteiger partial charge >= 0.3 is 0 Å². The third kappa shape index (κ3) is 4.99. The van der Waals surface area contributed by atoms with Crippen molar-refractivity contribution in [2.24, 2.45) is 5.92 Å². The second-order valence-electron chi connectivity index (χ2n) is 4.75. The molecule has 0 heterocycles. The van der Waals surface area contributed by atoms with Crippen LogP contribution in [0, 0.1) is 5.92 Å². The summed E-state index contributed by atoms with van der Waals surface area (Å²) in [4.78, 5) is 23.3. The second-order valence-corrected chi connectivity index (χ2v) is 4.75. The summed E-state index contributed by atoms with van der Waals surface area (Å²) >= 11 is 0. The van der Waals surface area contributed by atoms with Gasteiger partial charge in [0.25, 0.3) is 0 Å². The van der Waals surface area contributed by atoms with Crippen molar-refractivity contribution >= 4 is 17.4 Å². The van der Waals surface area contributed by atoms with Gasteiger partial charge in [-0.05, 0) is 18.1 Å². The van der Waals surface area contributed by atoms with Gasteiger partial charge in [0.15, 0.2) is 5.78 Å². The Hall–Kier alpha value is -1.84. The highest BCUT2D eigenvalue weighted by molar-refractivity contribution is 5.98. The van der Waals surface area contributed by atoms with Crippen LogP contribution in [-0.4, -0.2) is 18.2 Å². The van der Waals surface area contributed by atoms with Crippen molar-refractivity contribution in [1.29, 1.82) is 0 Å². The Morgan fingerprint density at radius 3 is 2.61 bits per heavy atom. The maximum Gasteiger partial charge on any atom is 0.220 e. The van der Waals surface area contributed by atoms with E-state index in [1.807, 2.05) is 13.8 Å². The van der Waals surface area contributed by atoms with Crippen molar-refractivity contribution in [3.63, 3.8) is 0 Å². The quantitative estimate of drug-likeness (QED) is 0.597. The fraction of sp³-hybridized carbons (Fsp3) is 0.429. The molecule has 1 rings (SSSR count). The summed E-state index contributed by atoms with van der Waals surface area (Å²) in [6, 6.07) is 6.81. The third-order valence-electron chi connectivity index (χ3n) is 2.50. The molecule has 0 saturated heterocycles. The van der Waals surface area contributed by atoms with Crippen molar-refractivity contribution in [3.8, 4) is 0 Å². The highest BCUT2D eigenvalue weighted by Crippen LogP contribution is 2.10. The van der Waals surface area contributed by atoms with Gasteiger partial charge in [-0.25, -0.2) is 0 Å². The van der Waals surface area contributed by atoms with Crippen LogP contribution in [0.4, 0.5) is 5.69 Å². The van der Waals surface area contributed by atoms with Gasteiger partial charge in [-0.3, -0.25) is 9.59 Å². The van der Waals surface area contributed by atoms with E-state index in [1.165, 1.54) is 0 Å². The number of ketones is 1. The number of hydrogen-bond acceptors (Lipinski definition) is 3. The number of carbonyl (C=O) groups excluding carboxylic acids is 2. The number of anilines is 1. The largest absolute Gasteiger partial charge is 0.399 e. The Bertz CT molecular complexity index is 428. The summed E-state index contributed by atoms with van der Waals surface area (Å²) in [5.41, 5.74) is 6.72. The van der Waals surface area contributed by atoms with Crippen LogP contribution in [0.3, 0.4) is 0 Å². The van der Waals surface area contributed by atoms with Crippen LogP contribution in [0.15, 0.2) is 24.3 Å². The van der Waals surface area contributed by atoms with Crippen LogP contribution in [0.25, 0.3) is 0 Å². The van der Waals surface area contributed by atoms with Crippen LogP contribution in [0.2, 0.25) is 0 Å². The van der Waals surface area contributed by atoms with Crippen molar-refractivity contribution in [1.82, 2.24) is 5.32 Å². The van der Waals surface area contributed by atoms with E-state index in [2.05, 4.69) is 5.32 Å². The Morgan fingerprint density at radius 1 is 1.28 bits per heavy atom. The number of benzene rings is 1. The van der Waals surface area contributed by atoms with Gasteiger partial charge in [-0.15, -0.1) is 0 Å². The maximum atomic E-state index is 11.8. The molecule has 18 heavy (non-hydrogen) atoms. The average Bonchev–Trinajstić information content (AvgIpc) is 2.33. The fourth-order valence-electron chi connectivity index (χ4n) is 1.49. The highest BCUT2D eigenvalue weighted by atomic mass is 16.2. The standard InChI is InChI=1S/C14H20N2O2/c1-10(2)9-16-14(18)7-6-13(17)11-4-3-5-12(15)8-11/h3-5,8,10H,6-7,9,15H2,1-2H3,(H,16,18). The number of Topliss-reactive ketones (excluding diaryl/α,β-unsaturated/α-hetero) is 1. The zero-order valence-corrected chi connectivity index (χ0v) is 10.9. The molecule has 3 N–H and O–H groups in total. The lowest BCUT2D eigenvalue weighted by Gasteiger charge is -2.07. The van der Waals surface area contributed by atoms with Gasteiger partial charge in [0.1, 0.15) is 0 Å². The maximum absolute atomic E-state index is 11.8. The predicted octanol–water partition coefficient (Wildman–Crippen LogP) is 2.00. The van der Waals surface area contributed by atoms with Crippen molar-refractivity contribution in [2.45, 2.75) is 26.7 Å². The summed E-state index contributed by atoms with van der Waals surface area (Å²) in [6.45, 7) is 4.70. The summed E-state index contributed by atoms with van der Waals surface area (Å²) in [6.07, 6.45) is 0.438. The van der Waals surface area contributed by atoms with E-state index < -0.39 is 0 Å². The molecule has 0 atom stereocenters. The minimum atomic E-state index is -0.0825. The molecule has 0 aliphatic heterocycles. The third-order valence-corrected chi connectivity index (χ3v) is 2.50. The average molecular weight is 248 g/mol. The number of nitrogens with one attached hydrogen (secondary N) is 1. The van der Waals surface area contributed by atoms with Crippen LogP contribution >= 0.6 is 0 Å². The molecule has 0 bridgehead atoms. The molecule has 98 valence electrons. The molecule has 1 amide bonds. The van der Waals surface area contributed by atoms with Gasteiger partial charge in [-0.1, -0.05) is 26.0 Å². The second kappa shape index (κ2) is 6.79. The zero-order valence-electron chi connectivity index (χ0n) is 10.9. The van der Waals surface area contributed by atoms with Crippen LogP contribution < -0.4 is 11.1 Å². The molecule has 0 aromatic heterocycles. The summed E-state index contributed by atoms with van der Waals surface area (Å²) in [5, 5.41) is 2.78. The molecular formula is C14H20N2O2. The zero-order chi connectivity index (χ0) is 13.5. The highest BCUT2D eigenvalue weighted by Gasteiger charge is 2.09. The van der Waals surface area contributed by atoms with Gasteiger partial charge in [0.2, 0.25) is 5.91 Å². The van der Waals surface area contributed by atoms with E-state index in [4.69, 9.17) is 5.73 Å². The number of carbonyl (C=O) groups is 2. The Kier molecular flexibility index (Phi) is 5.36. The van der Waals surface area contributed by atoms with Gasteiger partial charge in [0, 0.05) is 30.6 Å². The molecule has 0 aliphatic carbocycles. The van der Waals surface area contributed by atoms with Crippen LogP contribution in [0.5, 0.6) is 0 Å². The summed E-state index contributed by atoms with van der Waals surface area (Å²) in [5.74, 6) is 0.279. The topological polar surface area (TPSA) is 72.2 Å². The van der Waals surface area contributed by atoms with Crippen molar-refractivity contribution < 1.29 is 9.59 Å². The molecule has 1 aromatic carbocycles. The predicted molar refractivity (Wildman–Crippen MR) is 72.3 cm³/mol. The van der Waals surface area contributed by atoms with E-state index in [0.717, 1.165) is 0 Å². The minimum Gasteiger partial charge on any atom is -0.399 e. The van der Waals surface area contributed by atoms with Gasteiger partial charge in [-0.2, -0.15) is 0 Å². The molecule has 0 spiro atoms.